The Morgan fingerprint density at radius 2 is 1.86 bits per heavy atom. The van der Waals surface area contributed by atoms with Gasteiger partial charge in [0.25, 0.3) is 0 Å². The van der Waals surface area contributed by atoms with Crippen LogP contribution in [-0.2, 0) is 11.2 Å². The van der Waals surface area contributed by atoms with Crippen LogP contribution in [0.2, 0.25) is 0 Å². The molecule has 21 heavy (non-hydrogen) atoms. The molecule has 2 rings (SSSR count). The van der Waals surface area contributed by atoms with Crippen LogP contribution in [0.3, 0.4) is 0 Å². The van der Waals surface area contributed by atoms with Crippen molar-refractivity contribution in [1.82, 2.24) is 5.32 Å². The lowest BCUT2D eigenvalue weighted by molar-refractivity contribution is -0.126. The molecule has 4 N–H and O–H groups in total. The summed E-state index contributed by atoms with van der Waals surface area (Å²) in [6, 6.07) is 6.70. The highest BCUT2D eigenvalue weighted by molar-refractivity contribution is 5.87. The van der Waals surface area contributed by atoms with Gasteiger partial charge in [0, 0.05) is 12.6 Å². The summed E-state index contributed by atoms with van der Waals surface area (Å²) >= 11 is 0. The summed E-state index contributed by atoms with van der Waals surface area (Å²) in [5, 5.41) is 11.8. The van der Waals surface area contributed by atoms with Crippen molar-refractivity contribution in [1.29, 1.82) is 0 Å². The summed E-state index contributed by atoms with van der Waals surface area (Å²) in [4.78, 5) is 22.8. The first-order valence-corrected chi connectivity index (χ1v) is 7.43. The molecule has 0 saturated heterocycles. The van der Waals surface area contributed by atoms with Gasteiger partial charge in [-0.3, -0.25) is 4.79 Å². The van der Waals surface area contributed by atoms with E-state index in [4.69, 9.17) is 10.8 Å². The van der Waals surface area contributed by atoms with E-state index in [9.17, 15) is 9.59 Å². The molecule has 0 aliphatic heterocycles. The number of aromatic carboxylic acids is 1. The van der Waals surface area contributed by atoms with Gasteiger partial charge in [0.15, 0.2) is 0 Å². The molecule has 1 aliphatic rings. The molecule has 0 radical (unpaired) electrons. The number of benzene rings is 1. The number of nitrogens with one attached hydrogen (secondary N) is 1. The molecule has 1 aromatic rings. The number of amides is 1. The highest BCUT2D eigenvalue weighted by Crippen LogP contribution is 2.22. The van der Waals surface area contributed by atoms with E-state index in [0.29, 0.717) is 13.0 Å². The van der Waals surface area contributed by atoms with Gasteiger partial charge in [0.1, 0.15) is 0 Å². The summed E-state index contributed by atoms with van der Waals surface area (Å²) in [7, 11) is 0. The van der Waals surface area contributed by atoms with Crippen LogP contribution in [0.25, 0.3) is 0 Å². The van der Waals surface area contributed by atoms with E-state index in [-0.39, 0.29) is 23.4 Å². The first-order valence-electron chi connectivity index (χ1n) is 7.43. The van der Waals surface area contributed by atoms with Crippen LogP contribution in [0.5, 0.6) is 0 Å². The molecular formula is C16H22N2O3. The van der Waals surface area contributed by atoms with E-state index in [1.54, 1.807) is 24.3 Å². The minimum Gasteiger partial charge on any atom is -0.478 e. The van der Waals surface area contributed by atoms with Gasteiger partial charge in [-0.15, -0.1) is 0 Å². The minimum atomic E-state index is -0.930. The van der Waals surface area contributed by atoms with E-state index in [2.05, 4.69) is 5.32 Å². The zero-order chi connectivity index (χ0) is 15.2. The lowest BCUT2D eigenvalue weighted by atomic mass is 9.84. The second kappa shape index (κ2) is 7.22. The zero-order valence-corrected chi connectivity index (χ0v) is 12.0. The second-order valence-corrected chi connectivity index (χ2v) is 5.60. The molecular weight excluding hydrogens is 268 g/mol. The van der Waals surface area contributed by atoms with Gasteiger partial charge in [-0.2, -0.15) is 0 Å². The summed E-state index contributed by atoms with van der Waals surface area (Å²) < 4.78 is 0. The lowest BCUT2D eigenvalue weighted by Gasteiger charge is -2.27. The zero-order valence-electron chi connectivity index (χ0n) is 12.0. The van der Waals surface area contributed by atoms with E-state index < -0.39 is 5.97 Å². The third kappa shape index (κ3) is 4.29. The lowest BCUT2D eigenvalue weighted by Crippen LogP contribution is -2.44. The highest BCUT2D eigenvalue weighted by atomic mass is 16.4. The van der Waals surface area contributed by atoms with Crippen LogP contribution < -0.4 is 11.1 Å². The van der Waals surface area contributed by atoms with Gasteiger partial charge in [-0.25, -0.2) is 4.79 Å². The summed E-state index contributed by atoms with van der Waals surface area (Å²) in [5.41, 5.74) is 7.27. The standard InChI is InChI=1S/C16H22N2O3/c17-14-4-2-1-3-13(14)15(19)18-10-9-11-5-7-12(8-6-11)16(20)21/h5-8,13-14H,1-4,9-10,17H2,(H,18,19)(H,20,21). The quantitative estimate of drug-likeness (QED) is 0.767. The first-order chi connectivity index (χ1) is 10.1. The number of rotatable bonds is 5. The Kier molecular flexibility index (Phi) is 5.33. The van der Waals surface area contributed by atoms with Crippen molar-refractivity contribution >= 4 is 11.9 Å². The molecule has 1 aliphatic carbocycles. The van der Waals surface area contributed by atoms with E-state index in [0.717, 1.165) is 31.2 Å². The molecule has 0 bridgehead atoms. The van der Waals surface area contributed by atoms with E-state index in [1.807, 2.05) is 0 Å². The van der Waals surface area contributed by atoms with Crippen molar-refractivity contribution in [2.24, 2.45) is 11.7 Å². The number of nitrogens with two attached hydrogens (primary N) is 1. The maximum Gasteiger partial charge on any atom is 0.335 e. The molecule has 2 atom stereocenters. The Balaban J connectivity index is 1.78. The van der Waals surface area contributed by atoms with Crippen molar-refractivity contribution in [3.8, 4) is 0 Å². The molecule has 2 unspecified atom stereocenters. The predicted molar refractivity (Wildman–Crippen MR) is 80.0 cm³/mol. The van der Waals surface area contributed by atoms with E-state index in [1.165, 1.54) is 0 Å². The van der Waals surface area contributed by atoms with Crippen molar-refractivity contribution in [3.05, 3.63) is 35.4 Å². The highest BCUT2D eigenvalue weighted by Gasteiger charge is 2.27. The van der Waals surface area contributed by atoms with Crippen molar-refractivity contribution in [2.45, 2.75) is 38.1 Å². The smallest absolute Gasteiger partial charge is 0.335 e. The molecule has 5 nitrogen and oxygen atoms in total. The summed E-state index contributed by atoms with van der Waals surface area (Å²) in [5.74, 6) is -0.946. The molecule has 0 spiro atoms. The minimum absolute atomic E-state index is 0.0198. The monoisotopic (exact) mass is 290 g/mol. The topological polar surface area (TPSA) is 92.4 Å². The van der Waals surface area contributed by atoms with Crippen molar-refractivity contribution in [2.75, 3.05) is 6.54 Å². The maximum absolute atomic E-state index is 12.1. The summed E-state index contributed by atoms with van der Waals surface area (Å²) in [6.07, 6.45) is 4.67. The number of carbonyl (C=O) groups is 2. The fraction of sp³-hybridized carbons (Fsp3) is 0.500. The van der Waals surface area contributed by atoms with Gasteiger partial charge < -0.3 is 16.2 Å². The molecule has 5 heteroatoms. The first kappa shape index (κ1) is 15.5. The molecule has 1 aromatic carbocycles. The van der Waals surface area contributed by atoms with Crippen LogP contribution in [0.15, 0.2) is 24.3 Å². The van der Waals surface area contributed by atoms with Crippen molar-refractivity contribution < 1.29 is 14.7 Å². The fourth-order valence-corrected chi connectivity index (χ4v) is 2.76. The van der Waals surface area contributed by atoms with Crippen LogP contribution in [-0.4, -0.2) is 29.6 Å². The van der Waals surface area contributed by atoms with Gasteiger partial charge >= 0.3 is 5.97 Å². The van der Waals surface area contributed by atoms with Crippen LogP contribution in [0.4, 0.5) is 0 Å². The van der Waals surface area contributed by atoms with Gasteiger partial charge in [-0.05, 0) is 37.0 Å². The largest absolute Gasteiger partial charge is 0.478 e. The Hall–Kier alpha value is -1.88. The van der Waals surface area contributed by atoms with Gasteiger partial charge in [0.2, 0.25) is 5.91 Å². The molecule has 1 fully saturated rings. The Labute approximate surface area is 124 Å². The van der Waals surface area contributed by atoms with Crippen molar-refractivity contribution in [3.63, 3.8) is 0 Å². The van der Waals surface area contributed by atoms with Gasteiger partial charge in [-0.1, -0.05) is 25.0 Å². The number of hydrogen-bond donors (Lipinski definition) is 3. The third-order valence-electron chi connectivity index (χ3n) is 4.07. The molecule has 1 saturated carbocycles. The van der Waals surface area contributed by atoms with E-state index >= 15 is 0 Å². The normalized spacial score (nSPS) is 21.8. The van der Waals surface area contributed by atoms with Crippen LogP contribution >= 0.6 is 0 Å². The number of carboxylic acid groups (broad SMARTS) is 1. The van der Waals surface area contributed by atoms with Gasteiger partial charge in [0.05, 0.1) is 11.5 Å². The van der Waals surface area contributed by atoms with Crippen LogP contribution in [0, 0.1) is 5.92 Å². The molecule has 0 heterocycles. The summed E-state index contributed by atoms with van der Waals surface area (Å²) in [6.45, 7) is 0.550. The fourth-order valence-electron chi connectivity index (χ4n) is 2.76. The number of hydrogen-bond acceptors (Lipinski definition) is 3. The molecule has 1 amide bonds. The Morgan fingerprint density at radius 1 is 1.19 bits per heavy atom. The average molecular weight is 290 g/mol. The molecule has 114 valence electrons. The van der Waals surface area contributed by atoms with Crippen LogP contribution in [0.1, 0.15) is 41.6 Å². The SMILES string of the molecule is NC1CCCCC1C(=O)NCCc1ccc(C(=O)O)cc1. The average Bonchev–Trinajstić information content (AvgIpc) is 2.48. The number of carbonyl (C=O) groups excluding carboxylic acids is 1. The Bertz CT molecular complexity index is 499. The molecule has 0 aromatic heterocycles. The Morgan fingerprint density at radius 3 is 2.48 bits per heavy atom. The maximum atomic E-state index is 12.1. The predicted octanol–water partition coefficient (Wildman–Crippen LogP) is 1.56. The second-order valence-electron chi connectivity index (χ2n) is 5.60. The number of carboxylic acids is 1. The third-order valence-corrected chi connectivity index (χ3v) is 4.07.